The van der Waals surface area contributed by atoms with Crippen LogP contribution in [0.5, 0.6) is 0 Å². The van der Waals surface area contributed by atoms with E-state index in [9.17, 15) is 13.2 Å². The first kappa shape index (κ1) is 19.7. The summed E-state index contributed by atoms with van der Waals surface area (Å²) in [5.41, 5.74) is 0. The van der Waals surface area contributed by atoms with Gasteiger partial charge in [0.1, 0.15) is 6.04 Å². The maximum atomic E-state index is 12.9. The highest BCUT2D eigenvalue weighted by atomic mass is 32.2. The predicted octanol–water partition coefficient (Wildman–Crippen LogP) is 1.43. The molecule has 2 aliphatic heterocycles. The number of amides is 1. The molecule has 2 rings (SSSR count). The number of carbonyl (C=O) groups is 1. The number of rotatable bonds is 8. The lowest BCUT2D eigenvalue weighted by atomic mass is 9.96. The molecule has 2 heterocycles. The van der Waals surface area contributed by atoms with Crippen molar-refractivity contribution in [3.05, 3.63) is 0 Å². The van der Waals surface area contributed by atoms with Gasteiger partial charge in [-0.25, -0.2) is 8.42 Å². The Morgan fingerprint density at radius 1 is 1.12 bits per heavy atom. The maximum absolute atomic E-state index is 12.9. The van der Waals surface area contributed by atoms with Crippen LogP contribution in [0, 0.1) is 5.92 Å². The molecule has 0 spiro atoms. The van der Waals surface area contributed by atoms with Gasteiger partial charge in [0.05, 0.1) is 5.75 Å². The van der Waals surface area contributed by atoms with Gasteiger partial charge < -0.3 is 10.2 Å². The van der Waals surface area contributed by atoms with Crippen LogP contribution in [0.1, 0.15) is 52.4 Å². The Kier molecular flexibility index (Phi) is 7.50. The van der Waals surface area contributed by atoms with Crippen molar-refractivity contribution in [3.63, 3.8) is 0 Å². The molecule has 2 saturated heterocycles. The lowest BCUT2D eigenvalue weighted by Crippen LogP contribution is -2.50. The van der Waals surface area contributed by atoms with Gasteiger partial charge >= 0.3 is 0 Å². The summed E-state index contributed by atoms with van der Waals surface area (Å²) in [6.07, 6.45) is 4.99. The molecule has 1 amide bonds. The van der Waals surface area contributed by atoms with Crippen LogP contribution in [-0.2, 0) is 14.8 Å². The Morgan fingerprint density at radius 3 is 2.46 bits per heavy atom. The maximum Gasteiger partial charge on any atom is 0.241 e. The van der Waals surface area contributed by atoms with Gasteiger partial charge in [0.25, 0.3) is 0 Å². The summed E-state index contributed by atoms with van der Waals surface area (Å²) >= 11 is 0. The fraction of sp³-hybridized carbons (Fsp3) is 0.941. The van der Waals surface area contributed by atoms with Crippen molar-refractivity contribution in [2.75, 3.05) is 38.5 Å². The highest BCUT2D eigenvalue weighted by Gasteiger charge is 2.40. The minimum Gasteiger partial charge on any atom is -0.341 e. The molecule has 6 nitrogen and oxygen atoms in total. The molecule has 1 unspecified atom stereocenters. The Bertz CT molecular complexity index is 501. The normalized spacial score (nSPS) is 23.8. The molecule has 0 aliphatic carbocycles. The van der Waals surface area contributed by atoms with Crippen molar-refractivity contribution < 1.29 is 13.2 Å². The first-order chi connectivity index (χ1) is 11.5. The Balaban J connectivity index is 1.92. The zero-order valence-electron chi connectivity index (χ0n) is 15.2. The van der Waals surface area contributed by atoms with E-state index in [0.717, 1.165) is 51.9 Å². The van der Waals surface area contributed by atoms with Crippen molar-refractivity contribution in [1.82, 2.24) is 14.5 Å². The van der Waals surface area contributed by atoms with Gasteiger partial charge in [-0.2, -0.15) is 4.31 Å². The Hall–Kier alpha value is -0.660. The van der Waals surface area contributed by atoms with Gasteiger partial charge in [0, 0.05) is 19.6 Å². The molecule has 1 atom stereocenters. The average Bonchev–Trinajstić information content (AvgIpc) is 3.08. The van der Waals surface area contributed by atoms with Crippen molar-refractivity contribution >= 4 is 15.9 Å². The molecule has 0 saturated carbocycles. The quantitative estimate of drug-likeness (QED) is 0.712. The summed E-state index contributed by atoms with van der Waals surface area (Å²) in [6.45, 7) is 8.10. The average molecular weight is 360 g/mol. The molecule has 2 aliphatic rings. The number of unbranched alkanes of at least 4 members (excludes halogenated alkanes) is 1. The van der Waals surface area contributed by atoms with Crippen LogP contribution in [0.25, 0.3) is 0 Å². The van der Waals surface area contributed by atoms with Crippen molar-refractivity contribution in [3.8, 4) is 0 Å². The molecule has 140 valence electrons. The van der Waals surface area contributed by atoms with E-state index in [1.807, 2.05) is 11.8 Å². The minimum absolute atomic E-state index is 0.0227. The third-order valence-corrected chi connectivity index (χ3v) is 7.17. The van der Waals surface area contributed by atoms with E-state index in [0.29, 0.717) is 25.3 Å². The van der Waals surface area contributed by atoms with Crippen molar-refractivity contribution in [1.29, 1.82) is 0 Å². The highest BCUT2D eigenvalue weighted by molar-refractivity contribution is 7.89. The number of hydrogen-bond donors (Lipinski definition) is 1. The van der Waals surface area contributed by atoms with E-state index in [1.165, 1.54) is 4.31 Å². The minimum atomic E-state index is -3.30. The number of hydrogen-bond acceptors (Lipinski definition) is 4. The molecule has 1 N–H and O–H groups in total. The summed E-state index contributed by atoms with van der Waals surface area (Å²) in [5, 5.41) is 3.37. The number of piperidine rings is 1. The summed E-state index contributed by atoms with van der Waals surface area (Å²) in [5.74, 6) is 0.814. The van der Waals surface area contributed by atoms with Crippen LogP contribution in [-0.4, -0.2) is 68.0 Å². The van der Waals surface area contributed by atoms with Gasteiger partial charge in [0.2, 0.25) is 15.9 Å². The lowest BCUT2D eigenvalue weighted by molar-refractivity contribution is -0.136. The van der Waals surface area contributed by atoms with Crippen LogP contribution in [0.15, 0.2) is 0 Å². The summed E-state index contributed by atoms with van der Waals surface area (Å²) in [6, 6.07) is -0.461. The Labute approximate surface area is 147 Å². The van der Waals surface area contributed by atoms with Gasteiger partial charge in [-0.3, -0.25) is 4.79 Å². The van der Waals surface area contributed by atoms with Crippen LogP contribution in [0.3, 0.4) is 0 Å². The van der Waals surface area contributed by atoms with Crippen LogP contribution in [0.2, 0.25) is 0 Å². The van der Waals surface area contributed by atoms with Gasteiger partial charge in [-0.1, -0.05) is 20.3 Å². The fourth-order valence-corrected chi connectivity index (χ4v) is 5.56. The molecule has 0 aromatic heterocycles. The first-order valence-corrected chi connectivity index (χ1v) is 11.1. The molecular formula is C17H33N3O3S. The number of sulfonamides is 1. The van der Waals surface area contributed by atoms with Crippen LogP contribution >= 0.6 is 0 Å². The molecule has 0 radical (unpaired) electrons. The lowest BCUT2D eigenvalue weighted by Gasteiger charge is -2.35. The molecule has 24 heavy (non-hydrogen) atoms. The summed E-state index contributed by atoms with van der Waals surface area (Å²) in [4.78, 5) is 14.7. The fourth-order valence-electron chi connectivity index (χ4n) is 3.68. The van der Waals surface area contributed by atoms with E-state index in [1.54, 1.807) is 0 Å². The van der Waals surface area contributed by atoms with Crippen molar-refractivity contribution in [2.45, 2.75) is 58.4 Å². The Morgan fingerprint density at radius 2 is 1.83 bits per heavy atom. The smallest absolute Gasteiger partial charge is 0.241 e. The molecular weight excluding hydrogens is 326 g/mol. The topological polar surface area (TPSA) is 69.7 Å². The summed E-state index contributed by atoms with van der Waals surface area (Å²) in [7, 11) is -3.30. The van der Waals surface area contributed by atoms with E-state index in [-0.39, 0.29) is 11.7 Å². The third kappa shape index (κ3) is 4.92. The molecule has 0 bridgehead atoms. The van der Waals surface area contributed by atoms with E-state index < -0.39 is 16.1 Å². The molecule has 2 fully saturated rings. The zero-order valence-corrected chi connectivity index (χ0v) is 16.0. The number of nitrogens with zero attached hydrogens (tertiary/aromatic N) is 2. The molecule has 0 aromatic rings. The van der Waals surface area contributed by atoms with Crippen molar-refractivity contribution in [2.24, 2.45) is 5.92 Å². The first-order valence-electron chi connectivity index (χ1n) is 9.48. The monoisotopic (exact) mass is 359 g/mol. The van der Waals surface area contributed by atoms with Crippen LogP contribution < -0.4 is 5.32 Å². The number of nitrogens with one attached hydrogen (secondary N) is 1. The second-order valence-corrected chi connectivity index (χ2v) is 9.06. The number of carbonyl (C=O) groups excluding carboxylic acids is 1. The van der Waals surface area contributed by atoms with E-state index in [4.69, 9.17) is 0 Å². The molecule has 0 aromatic carbocycles. The second-order valence-electron chi connectivity index (χ2n) is 7.01. The summed E-state index contributed by atoms with van der Waals surface area (Å²) < 4.78 is 26.5. The van der Waals surface area contributed by atoms with Gasteiger partial charge in [-0.05, 0) is 51.1 Å². The predicted molar refractivity (Wildman–Crippen MR) is 96.3 cm³/mol. The van der Waals surface area contributed by atoms with Crippen LogP contribution in [0.4, 0.5) is 0 Å². The zero-order chi connectivity index (χ0) is 17.6. The highest BCUT2D eigenvalue weighted by Crippen LogP contribution is 2.26. The number of likely N-dealkylation sites (tertiary alicyclic amines) is 1. The van der Waals surface area contributed by atoms with E-state index >= 15 is 0 Å². The van der Waals surface area contributed by atoms with Gasteiger partial charge in [-0.15, -0.1) is 0 Å². The largest absolute Gasteiger partial charge is 0.341 e. The second kappa shape index (κ2) is 9.15. The van der Waals surface area contributed by atoms with Gasteiger partial charge in [0.15, 0.2) is 0 Å². The van der Waals surface area contributed by atoms with E-state index in [2.05, 4.69) is 12.2 Å². The standard InChI is InChI=1S/C17H33N3O3S/c1-3-5-13-24(22,23)20-10-6-7-16(20)17(21)19-11-8-15(9-12-19)14-18-4-2/h15-16,18H,3-14H2,1-2H3. The SMILES string of the molecule is CCCCS(=O)(=O)N1CCCC1C(=O)N1CCC(CNCC)CC1. The molecule has 7 heteroatoms. The third-order valence-electron chi connectivity index (χ3n) is 5.21.